The molecule has 0 aliphatic rings. The van der Waals surface area contributed by atoms with Gasteiger partial charge >= 0.3 is 0 Å². The number of thiazole rings is 1. The van der Waals surface area contributed by atoms with Gasteiger partial charge in [-0.3, -0.25) is 0 Å². The first kappa shape index (κ1) is 6.07. The quantitative estimate of drug-likeness (QED) is 0.634. The minimum Gasteiger partial charge on any atom is -0.245 e. The molecule has 3 heteroatoms. The van der Waals surface area contributed by atoms with Crippen LogP contribution in [0.3, 0.4) is 0 Å². The van der Waals surface area contributed by atoms with Crippen molar-refractivity contribution in [3.05, 3.63) is 27.7 Å². The van der Waals surface area contributed by atoms with Crippen LogP contribution in [0, 0.1) is 5.38 Å². The Kier molecular flexibility index (Phi) is 1.53. The van der Waals surface area contributed by atoms with Gasteiger partial charge < -0.3 is 0 Å². The number of thiophene rings is 1. The van der Waals surface area contributed by atoms with Gasteiger partial charge in [0.15, 0.2) is 0 Å². The molecule has 2 aromatic heterocycles. The third-order valence-corrected chi connectivity index (χ3v) is 2.41. The van der Waals surface area contributed by atoms with Crippen LogP contribution in [0.4, 0.5) is 0 Å². The Hall–Kier alpha value is -0.670. The first-order valence-electron chi connectivity index (χ1n) is 2.80. The van der Waals surface area contributed by atoms with Crippen LogP contribution in [-0.4, -0.2) is 4.98 Å². The van der Waals surface area contributed by atoms with Crippen molar-refractivity contribution in [1.29, 1.82) is 0 Å². The van der Waals surface area contributed by atoms with Crippen LogP contribution >= 0.6 is 22.7 Å². The lowest BCUT2D eigenvalue weighted by atomic mass is 10.3. The van der Waals surface area contributed by atoms with E-state index < -0.39 is 0 Å². The molecule has 0 fully saturated rings. The van der Waals surface area contributed by atoms with Gasteiger partial charge in [0.2, 0.25) is 0 Å². The maximum absolute atomic E-state index is 4.16. The summed E-state index contributed by atoms with van der Waals surface area (Å²) < 4.78 is 0. The van der Waals surface area contributed by atoms with Gasteiger partial charge in [0.05, 0.1) is 11.2 Å². The van der Waals surface area contributed by atoms with Crippen molar-refractivity contribution in [2.24, 2.45) is 0 Å². The van der Waals surface area contributed by atoms with Gasteiger partial charge in [-0.05, 0) is 6.07 Å². The highest BCUT2D eigenvalue weighted by Gasteiger charge is 1.97. The molecule has 0 unspecified atom stereocenters. The van der Waals surface area contributed by atoms with Gasteiger partial charge in [-0.2, -0.15) is 0 Å². The number of nitrogens with zero attached hydrogens (tertiary/aromatic N) is 1. The van der Waals surface area contributed by atoms with Gasteiger partial charge in [0.25, 0.3) is 0 Å². The van der Waals surface area contributed by atoms with Crippen molar-refractivity contribution in [1.82, 2.24) is 4.98 Å². The fourth-order valence-electron chi connectivity index (χ4n) is 0.718. The zero-order valence-electron chi connectivity index (χ0n) is 5.07. The standard InChI is InChI=1S/C7H4NS2/c1-2-9-3-6(1)7-4-10-5-8-7/h1,3-5H. The summed E-state index contributed by atoms with van der Waals surface area (Å²) in [7, 11) is 0. The predicted molar refractivity (Wildman–Crippen MR) is 44.3 cm³/mol. The van der Waals surface area contributed by atoms with E-state index >= 15 is 0 Å². The summed E-state index contributed by atoms with van der Waals surface area (Å²) in [5.41, 5.74) is 4.07. The Morgan fingerprint density at radius 2 is 2.40 bits per heavy atom. The molecule has 0 saturated heterocycles. The number of aromatic nitrogens is 1. The summed E-state index contributed by atoms with van der Waals surface area (Å²) in [6.07, 6.45) is 0. The van der Waals surface area contributed by atoms with Gasteiger partial charge in [0, 0.05) is 21.7 Å². The molecule has 0 aromatic carbocycles. The van der Waals surface area contributed by atoms with Crippen molar-refractivity contribution in [2.45, 2.75) is 0 Å². The SMILES string of the molecule is [c]1cc(-c2cscn2)cs1. The highest BCUT2D eigenvalue weighted by molar-refractivity contribution is 7.08. The molecule has 0 aliphatic carbocycles. The van der Waals surface area contributed by atoms with E-state index in [1.54, 1.807) is 22.7 Å². The van der Waals surface area contributed by atoms with Crippen molar-refractivity contribution in [3.8, 4) is 11.3 Å². The van der Waals surface area contributed by atoms with Gasteiger partial charge in [-0.25, -0.2) is 4.98 Å². The van der Waals surface area contributed by atoms with Crippen molar-refractivity contribution >= 4 is 22.7 Å². The number of hydrogen-bond acceptors (Lipinski definition) is 3. The van der Waals surface area contributed by atoms with E-state index in [9.17, 15) is 0 Å². The Balaban J connectivity index is 2.48. The highest BCUT2D eigenvalue weighted by atomic mass is 32.1. The molecule has 1 radical (unpaired) electrons. The van der Waals surface area contributed by atoms with Gasteiger partial charge in [0.1, 0.15) is 0 Å². The monoisotopic (exact) mass is 166 g/mol. The Morgan fingerprint density at radius 3 is 3.00 bits per heavy atom. The Bertz CT molecular complexity index is 251. The molecule has 0 amide bonds. The maximum Gasteiger partial charge on any atom is 0.0819 e. The maximum atomic E-state index is 4.16. The smallest absolute Gasteiger partial charge is 0.0819 e. The van der Waals surface area contributed by atoms with E-state index in [0.717, 1.165) is 5.69 Å². The predicted octanol–water partition coefficient (Wildman–Crippen LogP) is 2.67. The van der Waals surface area contributed by atoms with E-state index in [-0.39, 0.29) is 0 Å². The molecule has 49 valence electrons. The first-order chi connectivity index (χ1) is 4.97. The summed E-state index contributed by atoms with van der Waals surface area (Å²) in [4.78, 5) is 4.16. The average molecular weight is 166 g/mol. The summed E-state index contributed by atoms with van der Waals surface area (Å²) in [6, 6.07) is 1.96. The summed E-state index contributed by atoms with van der Waals surface area (Å²) in [5.74, 6) is 0. The molecule has 0 N–H and O–H groups in total. The van der Waals surface area contributed by atoms with Crippen LogP contribution in [0.25, 0.3) is 11.3 Å². The lowest BCUT2D eigenvalue weighted by molar-refractivity contribution is 1.42. The van der Waals surface area contributed by atoms with Crippen LogP contribution in [-0.2, 0) is 0 Å². The van der Waals surface area contributed by atoms with E-state index in [4.69, 9.17) is 0 Å². The molecule has 0 spiro atoms. The summed E-state index contributed by atoms with van der Waals surface area (Å²) in [6.45, 7) is 0. The number of rotatable bonds is 1. The van der Waals surface area contributed by atoms with E-state index in [0.29, 0.717) is 0 Å². The minimum atomic E-state index is 1.06. The van der Waals surface area contributed by atoms with E-state index in [2.05, 4.69) is 15.7 Å². The highest BCUT2D eigenvalue weighted by Crippen LogP contribution is 2.20. The van der Waals surface area contributed by atoms with Crippen molar-refractivity contribution < 1.29 is 0 Å². The molecular formula is C7H4NS2. The second-order valence-corrected chi connectivity index (χ2v) is 3.25. The van der Waals surface area contributed by atoms with E-state index in [1.807, 2.05) is 17.0 Å². The van der Waals surface area contributed by atoms with Crippen molar-refractivity contribution in [2.75, 3.05) is 0 Å². The fourth-order valence-corrected chi connectivity index (χ4v) is 1.86. The van der Waals surface area contributed by atoms with E-state index in [1.165, 1.54) is 5.56 Å². The summed E-state index contributed by atoms with van der Waals surface area (Å²) >= 11 is 3.19. The van der Waals surface area contributed by atoms with Crippen LogP contribution in [0.1, 0.15) is 0 Å². The van der Waals surface area contributed by atoms with Crippen molar-refractivity contribution in [3.63, 3.8) is 0 Å². The topological polar surface area (TPSA) is 12.9 Å². The zero-order valence-corrected chi connectivity index (χ0v) is 6.71. The second-order valence-electron chi connectivity index (χ2n) is 1.83. The minimum absolute atomic E-state index is 1.06. The Labute approximate surface area is 67.0 Å². The largest absolute Gasteiger partial charge is 0.245 e. The molecule has 2 rings (SSSR count). The van der Waals surface area contributed by atoms with Crippen LogP contribution in [0.2, 0.25) is 0 Å². The Morgan fingerprint density at radius 1 is 1.40 bits per heavy atom. The van der Waals surface area contributed by atoms with Gasteiger partial charge in [-0.15, -0.1) is 22.7 Å². The second kappa shape index (κ2) is 2.52. The van der Waals surface area contributed by atoms with Crippen LogP contribution in [0.5, 0.6) is 0 Å². The molecule has 0 saturated carbocycles. The zero-order chi connectivity index (χ0) is 6.81. The lowest BCUT2D eigenvalue weighted by Crippen LogP contribution is -1.67. The lowest BCUT2D eigenvalue weighted by Gasteiger charge is -1.84. The first-order valence-corrected chi connectivity index (χ1v) is 4.62. The van der Waals surface area contributed by atoms with Gasteiger partial charge in [-0.1, -0.05) is 0 Å². The third-order valence-electron chi connectivity index (χ3n) is 1.20. The molecule has 0 bridgehead atoms. The molecule has 0 atom stereocenters. The molecule has 0 aliphatic heterocycles. The van der Waals surface area contributed by atoms with Crippen LogP contribution < -0.4 is 0 Å². The molecule has 10 heavy (non-hydrogen) atoms. The number of hydrogen-bond donors (Lipinski definition) is 0. The molecule has 1 nitrogen and oxygen atoms in total. The fraction of sp³-hybridized carbons (Fsp3) is 0. The third kappa shape index (κ3) is 0.978. The molecule has 2 aromatic rings. The van der Waals surface area contributed by atoms with Crippen LogP contribution in [0.15, 0.2) is 22.3 Å². The average Bonchev–Trinajstić information content (AvgIpc) is 2.59. The molecule has 2 heterocycles. The molecular weight excluding hydrogens is 162 g/mol. The normalized spacial score (nSPS) is 10.0. The summed E-state index contributed by atoms with van der Waals surface area (Å²) in [5, 5.41) is 7.11.